The van der Waals surface area contributed by atoms with E-state index in [0.717, 1.165) is 55.8 Å². The highest BCUT2D eigenvalue weighted by atomic mass is 16.2. The van der Waals surface area contributed by atoms with Gasteiger partial charge in [-0.1, -0.05) is 25.7 Å². The zero-order chi connectivity index (χ0) is 18.6. The van der Waals surface area contributed by atoms with Crippen LogP contribution in [0.25, 0.3) is 5.82 Å². The van der Waals surface area contributed by atoms with Crippen LogP contribution in [-0.4, -0.2) is 56.7 Å². The molecular weight excluding hydrogens is 340 g/mol. The highest BCUT2D eigenvalue weighted by Gasteiger charge is 2.23. The molecule has 3 heterocycles. The van der Waals surface area contributed by atoms with E-state index in [9.17, 15) is 4.79 Å². The van der Waals surface area contributed by atoms with Crippen molar-refractivity contribution in [2.45, 2.75) is 45.4 Å². The van der Waals surface area contributed by atoms with E-state index in [1.807, 2.05) is 30.2 Å². The minimum Gasteiger partial charge on any atom is -0.353 e. The van der Waals surface area contributed by atoms with Gasteiger partial charge in [-0.15, -0.1) is 0 Å². The fourth-order valence-electron chi connectivity index (χ4n) is 4.15. The lowest BCUT2D eigenvalue weighted by Gasteiger charge is -2.35. The van der Waals surface area contributed by atoms with Gasteiger partial charge in [0.05, 0.1) is 5.69 Å². The number of carbonyl (C=O) groups excluding carboxylic acids is 1. The van der Waals surface area contributed by atoms with Crippen LogP contribution in [0, 0.1) is 12.8 Å². The normalized spacial score (nSPS) is 18.3. The lowest BCUT2D eigenvalue weighted by molar-refractivity contribution is -0.131. The molecule has 1 saturated heterocycles. The molecular formula is C20H28N6O. The molecule has 1 saturated carbocycles. The van der Waals surface area contributed by atoms with Crippen molar-refractivity contribution in [1.82, 2.24) is 24.6 Å². The molecule has 0 atom stereocenters. The molecule has 0 N–H and O–H groups in total. The van der Waals surface area contributed by atoms with Crippen LogP contribution < -0.4 is 4.90 Å². The van der Waals surface area contributed by atoms with Gasteiger partial charge in [0.15, 0.2) is 5.82 Å². The fraction of sp³-hybridized carbons (Fsp3) is 0.600. The Hall–Kier alpha value is -2.44. The summed E-state index contributed by atoms with van der Waals surface area (Å²) in [5.41, 5.74) is 0.958. The Morgan fingerprint density at radius 2 is 1.85 bits per heavy atom. The van der Waals surface area contributed by atoms with Crippen LogP contribution in [-0.2, 0) is 4.79 Å². The smallest absolute Gasteiger partial charge is 0.222 e. The van der Waals surface area contributed by atoms with Crippen molar-refractivity contribution in [1.29, 1.82) is 0 Å². The Balaban J connectivity index is 1.31. The molecule has 1 aliphatic carbocycles. The van der Waals surface area contributed by atoms with Gasteiger partial charge in [0.1, 0.15) is 12.1 Å². The number of aromatic nitrogens is 4. The largest absolute Gasteiger partial charge is 0.353 e. The van der Waals surface area contributed by atoms with Gasteiger partial charge in [0.25, 0.3) is 0 Å². The number of aryl methyl sites for hydroxylation is 1. The number of nitrogens with zero attached hydrogens (tertiary/aromatic N) is 6. The molecule has 1 aliphatic heterocycles. The Bertz CT molecular complexity index is 774. The summed E-state index contributed by atoms with van der Waals surface area (Å²) < 4.78 is 1.77. The molecule has 2 aromatic heterocycles. The number of rotatable bonds is 5. The highest BCUT2D eigenvalue weighted by Crippen LogP contribution is 2.28. The quantitative estimate of drug-likeness (QED) is 0.811. The van der Waals surface area contributed by atoms with Crippen LogP contribution in [0.15, 0.2) is 24.7 Å². The third-order valence-corrected chi connectivity index (χ3v) is 5.79. The van der Waals surface area contributed by atoms with E-state index in [0.29, 0.717) is 12.3 Å². The second-order valence-corrected chi connectivity index (χ2v) is 7.69. The Morgan fingerprint density at radius 3 is 2.56 bits per heavy atom. The van der Waals surface area contributed by atoms with E-state index in [4.69, 9.17) is 0 Å². The van der Waals surface area contributed by atoms with Gasteiger partial charge in [-0.2, -0.15) is 5.10 Å². The highest BCUT2D eigenvalue weighted by molar-refractivity contribution is 5.76. The number of carbonyl (C=O) groups is 1. The van der Waals surface area contributed by atoms with Crippen LogP contribution in [0.4, 0.5) is 5.82 Å². The predicted molar refractivity (Wildman–Crippen MR) is 104 cm³/mol. The monoisotopic (exact) mass is 368 g/mol. The van der Waals surface area contributed by atoms with Crippen molar-refractivity contribution in [3.63, 3.8) is 0 Å². The van der Waals surface area contributed by atoms with E-state index >= 15 is 0 Å². The second-order valence-electron chi connectivity index (χ2n) is 7.69. The number of anilines is 1. The maximum atomic E-state index is 12.5. The van der Waals surface area contributed by atoms with Gasteiger partial charge in [0, 0.05) is 44.9 Å². The van der Waals surface area contributed by atoms with Crippen molar-refractivity contribution in [3.8, 4) is 5.82 Å². The van der Waals surface area contributed by atoms with Gasteiger partial charge < -0.3 is 9.80 Å². The van der Waals surface area contributed by atoms with E-state index in [2.05, 4.69) is 20.0 Å². The molecule has 2 aromatic rings. The summed E-state index contributed by atoms with van der Waals surface area (Å²) in [6, 6.07) is 3.92. The van der Waals surface area contributed by atoms with E-state index in [1.165, 1.54) is 25.7 Å². The van der Waals surface area contributed by atoms with Gasteiger partial charge in [-0.25, -0.2) is 14.6 Å². The van der Waals surface area contributed by atoms with Crippen molar-refractivity contribution in [3.05, 3.63) is 30.4 Å². The number of piperazine rings is 1. The zero-order valence-corrected chi connectivity index (χ0v) is 16.0. The van der Waals surface area contributed by atoms with Crippen LogP contribution in [0.3, 0.4) is 0 Å². The molecule has 0 spiro atoms. The first kappa shape index (κ1) is 17.9. The molecule has 4 rings (SSSR count). The van der Waals surface area contributed by atoms with Crippen LogP contribution >= 0.6 is 0 Å². The Kier molecular flexibility index (Phi) is 5.36. The molecule has 2 aliphatic rings. The summed E-state index contributed by atoms with van der Waals surface area (Å²) >= 11 is 0. The minimum atomic E-state index is 0.317. The third-order valence-electron chi connectivity index (χ3n) is 5.79. The maximum Gasteiger partial charge on any atom is 0.222 e. The Labute approximate surface area is 160 Å². The van der Waals surface area contributed by atoms with Gasteiger partial charge in [0.2, 0.25) is 5.91 Å². The van der Waals surface area contributed by atoms with Crippen molar-refractivity contribution in [2.24, 2.45) is 5.92 Å². The van der Waals surface area contributed by atoms with Crippen LogP contribution in [0.2, 0.25) is 0 Å². The fourth-order valence-corrected chi connectivity index (χ4v) is 4.15. The average Bonchev–Trinajstić information content (AvgIpc) is 3.38. The minimum absolute atomic E-state index is 0.317. The number of amides is 1. The van der Waals surface area contributed by atoms with E-state index in [1.54, 1.807) is 11.0 Å². The predicted octanol–water partition coefficient (Wildman–Crippen LogP) is 2.59. The van der Waals surface area contributed by atoms with Crippen molar-refractivity contribution >= 4 is 11.7 Å². The molecule has 0 unspecified atom stereocenters. The summed E-state index contributed by atoms with van der Waals surface area (Å²) in [6.45, 7) is 5.11. The molecule has 144 valence electrons. The van der Waals surface area contributed by atoms with E-state index < -0.39 is 0 Å². The zero-order valence-electron chi connectivity index (χ0n) is 16.0. The van der Waals surface area contributed by atoms with Crippen molar-refractivity contribution < 1.29 is 4.79 Å². The first-order valence-electron chi connectivity index (χ1n) is 10.1. The van der Waals surface area contributed by atoms with Gasteiger partial charge >= 0.3 is 0 Å². The first-order chi connectivity index (χ1) is 13.2. The average molecular weight is 368 g/mol. The lowest BCUT2D eigenvalue weighted by atomic mass is 10.0. The standard InChI is InChI=1S/C20H28N6O/c1-16-8-9-26(23-16)19-14-18(21-15-22-19)24-10-12-25(13-11-24)20(27)7-6-17-4-2-3-5-17/h8-9,14-15,17H,2-7,10-13H2,1H3. The maximum absolute atomic E-state index is 12.5. The number of hydrogen-bond acceptors (Lipinski definition) is 5. The summed E-state index contributed by atoms with van der Waals surface area (Å²) in [4.78, 5) is 25.5. The summed E-state index contributed by atoms with van der Waals surface area (Å²) in [5, 5.41) is 4.41. The SMILES string of the molecule is Cc1ccn(-c2cc(N3CCN(C(=O)CCC4CCCC4)CC3)ncn2)n1. The van der Waals surface area contributed by atoms with Gasteiger partial charge in [-0.05, 0) is 25.3 Å². The molecule has 0 bridgehead atoms. The Morgan fingerprint density at radius 1 is 1.11 bits per heavy atom. The molecule has 1 amide bonds. The third kappa shape index (κ3) is 4.28. The molecule has 2 fully saturated rings. The first-order valence-corrected chi connectivity index (χ1v) is 10.1. The molecule has 0 radical (unpaired) electrons. The molecule has 0 aromatic carbocycles. The lowest BCUT2D eigenvalue weighted by Crippen LogP contribution is -2.49. The van der Waals surface area contributed by atoms with Crippen LogP contribution in [0.1, 0.15) is 44.2 Å². The van der Waals surface area contributed by atoms with E-state index in [-0.39, 0.29) is 0 Å². The van der Waals surface area contributed by atoms with Crippen molar-refractivity contribution in [2.75, 3.05) is 31.1 Å². The topological polar surface area (TPSA) is 67.2 Å². The second kappa shape index (κ2) is 8.06. The summed E-state index contributed by atoms with van der Waals surface area (Å²) in [5.74, 6) is 2.76. The van der Waals surface area contributed by atoms with Crippen LogP contribution in [0.5, 0.6) is 0 Å². The molecule has 7 heteroatoms. The van der Waals surface area contributed by atoms with Gasteiger partial charge in [-0.3, -0.25) is 4.79 Å². The molecule has 7 nitrogen and oxygen atoms in total. The molecule has 27 heavy (non-hydrogen) atoms. The summed E-state index contributed by atoms with van der Waals surface area (Å²) in [7, 11) is 0. The summed E-state index contributed by atoms with van der Waals surface area (Å²) in [6.07, 6.45) is 10.6. The number of hydrogen-bond donors (Lipinski definition) is 0.